The number of likely N-dealkylation sites (tertiary alicyclic amines) is 3. The average Bonchev–Trinajstić information content (AvgIpc) is 3.19. The van der Waals surface area contributed by atoms with Crippen molar-refractivity contribution in [1.29, 1.82) is 5.26 Å². The molecule has 3 heterocycles. The number of hydrogen-bond acceptors (Lipinski definition) is 5. The number of piperazine rings is 1. The van der Waals surface area contributed by atoms with Crippen LogP contribution in [0, 0.1) is 29.0 Å². The predicted molar refractivity (Wildman–Crippen MR) is 127 cm³/mol. The van der Waals surface area contributed by atoms with Crippen molar-refractivity contribution < 1.29 is 14.0 Å². The van der Waals surface area contributed by atoms with Gasteiger partial charge in [-0.1, -0.05) is 31.4 Å². The van der Waals surface area contributed by atoms with Crippen molar-refractivity contribution in [1.82, 2.24) is 14.7 Å². The van der Waals surface area contributed by atoms with Gasteiger partial charge in [0, 0.05) is 25.2 Å². The molecule has 7 atom stereocenters. The van der Waals surface area contributed by atoms with Gasteiger partial charge in [0.1, 0.15) is 11.9 Å². The van der Waals surface area contributed by atoms with Gasteiger partial charge >= 0.3 is 0 Å². The highest BCUT2D eigenvalue weighted by Gasteiger charge is 2.56. The van der Waals surface area contributed by atoms with Crippen molar-refractivity contribution >= 4 is 11.8 Å². The molecule has 8 heteroatoms. The number of carbonyl (C=O) groups excluding carboxylic acids is 2. The molecule has 3 saturated heterocycles. The second-order valence-electron chi connectivity index (χ2n) is 11.3. The topological polar surface area (TPSA) is 93.7 Å². The van der Waals surface area contributed by atoms with Gasteiger partial charge in [0.15, 0.2) is 0 Å². The van der Waals surface area contributed by atoms with Crippen molar-refractivity contribution in [2.75, 3.05) is 13.1 Å². The number of hydrogen-bond donors (Lipinski definition) is 1. The molecular formula is C27H34FN5O2. The van der Waals surface area contributed by atoms with Gasteiger partial charge in [-0.05, 0) is 61.6 Å². The zero-order valence-electron chi connectivity index (χ0n) is 20.1. The molecule has 2 amide bonds. The van der Waals surface area contributed by atoms with E-state index < -0.39 is 6.04 Å². The largest absolute Gasteiger partial charge is 0.330 e. The van der Waals surface area contributed by atoms with E-state index in [1.807, 2.05) is 12.1 Å². The summed E-state index contributed by atoms with van der Waals surface area (Å²) < 4.78 is 13.7. The van der Waals surface area contributed by atoms with Gasteiger partial charge in [0.2, 0.25) is 11.8 Å². The van der Waals surface area contributed by atoms with Crippen LogP contribution in [0.2, 0.25) is 0 Å². The Morgan fingerprint density at radius 2 is 1.89 bits per heavy atom. The zero-order valence-corrected chi connectivity index (χ0v) is 20.1. The molecule has 6 rings (SSSR count). The SMILES string of the molecule is N#CC1C[C@@H]2C[C@@H]2N1C(=O)C(N)CN1CC2C[C@H]1C(=O)N2C(c1ccc(F)cc1)C1CCCCC1. The molecule has 3 aliphatic heterocycles. The van der Waals surface area contributed by atoms with Crippen LogP contribution in [0.1, 0.15) is 63.0 Å². The lowest BCUT2D eigenvalue weighted by atomic mass is 9.80. The van der Waals surface area contributed by atoms with Crippen molar-refractivity contribution in [2.24, 2.45) is 17.6 Å². The van der Waals surface area contributed by atoms with Crippen LogP contribution in [-0.4, -0.2) is 69.8 Å². The van der Waals surface area contributed by atoms with Gasteiger partial charge < -0.3 is 15.5 Å². The molecule has 35 heavy (non-hydrogen) atoms. The summed E-state index contributed by atoms with van der Waals surface area (Å²) in [7, 11) is 0. The number of nitriles is 1. The maximum Gasteiger partial charge on any atom is 0.242 e. The first kappa shape index (κ1) is 22.9. The molecule has 4 unspecified atom stereocenters. The molecule has 0 radical (unpaired) electrons. The fourth-order valence-corrected chi connectivity index (χ4v) is 7.44. The van der Waals surface area contributed by atoms with Crippen LogP contribution in [0.15, 0.2) is 24.3 Å². The Labute approximate surface area is 206 Å². The molecule has 5 fully saturated rings. The third-order valence-corrected chi connectivity index (χ3v) is 9.18. The lowest BCUT2D eigenvalue weighted by molar-refractivity contribution is -0.143. The Balaban J connectivity index is 1.16. The van der Waals surface area contributed by atoms with E-state index in [0.29, 0.717) is 24.9 Å². The van der Waals surface area contributed by atoms with Gasteiger partial charge in [0.05, 0.1) is 24.2 Å². The van der Waals surface area contributed by atoms with E-state index in [1.54, 1.807) is 4.90 Å². The number of fused-ring (bicyclic) bond motifs is 3. The van der Waals surface area contributed by atoms with Crippen LogP contribution in [0.25, 0.3) is 0 Å². The van der Waals surface area contributed by atoms with Gasteiger partial charge in [0.25, 0.3) is 0 Å². The fourth-order valence-electron chi connectivity index (χ4n) is 7.44. The number of halogens is 1. The number of amides is 2. The number of nitrogens with zero attached hydrogens (tertiary/aromatic N) is 4. The molecule has 2 aliphatic carbocycles. The van der Waals surface area contributed by atoms with Crippen molar-refractivity contribution in [2.45, 2.75) is 87.6 Å². The van der Waals surface area contributed by atoms with E-state index in [-0.39, 0.29) is 47.8 Å². The van der Waals surface area contributed by atoms with Crippen molar-refractivity contribution in [3.63, 3.8) is 0 Å². The molecule has 1 aromatic rings. The summed E-state index contributed by atoms with van der Waals surface area (Å²) in [6.07, 6.45) is 8.23. The second kappa shape index (κ2) is 8.86. The summed E-state index contributed by atoms with van der Waals surface area (Å²) in [5, 5.41) is 9.44. The summed E-state index contributed by atoms with van der Waals surface area (Å²) >= 11 is 0. The molecule has 7 nitrogen and oxygen atoms in total. The van der Waals surface area contributed by atoms with Gasteiger partial charge in [-0.15, -0.1) is 0 Å². The molecule has 2 N–H and O–H groups in total. The minimum absolute atomic E-state index is 0.0244. The predicted octanol–water partition coefficient (Wildman–Crippen LogP) is 2.57. The van der Waals surface area contributed by atoms with Gasteiger partial charge in [-0.3, -0.25) is 14.5 Å². The maximum atomic E-state index is 13.7. The molecule has 186 valence electrons. The summed E-state index contributed by atoms with van der Waals surface area (Å²) in [5.74, 6) is 0.542. The first-order valence-electron chi connectivity index (χ1n) is 13.3. The number of carbonyl (C=O) groups is 2. The van der Waals surface area contributed by atoms with E-state index in [0.717, 1.165) is 37.7 Å². The van der Waals surface area contributed by atoms with Gasteiger partial charge in [-0.2, -0.15) is 5.26 Å². The highest BCUT2D eigenvalue weighted by atomic mass is 19.1. The third kappa shape index (κ3) is 3.93. The molecule has 2 bridgehead atoms. The van der Waals surface area contributed by atoms with E-state index >= 15 is 0 Å². The van der Waals surface area contributed by atoms with E-state index in [4.69, 9.17) is 5.73 Å². The molecule has 5 aliphatic rings. The minimum Gasteiger partial charge on any atom is -0.330 e. The smallest absolute Gasteiger partial charge is 0.242 e. The second-order valence-corrected chi connectivity index (χ2v) is 11.3. The lowest BCUT2D eigenvalue weighted by Crippen LogP contribution is -2.57. The highest BCUT2D eigenvalue weighted by Crippen LogP contribution is 2.48. The molecular weight excluding hydrogens is 445 g/mol. The standard InChI is InChI=1S/C27H34FN5O2/c28-19-8-6-17(7-9-19)25(16-4-2-1-3-5-16)33-21-12-24(27(33)35)31(14-21)15-22(30)26(34)32-20(13-29)10-18-11-23(18)32/h6-9,16,18,20-25H,1-5,10-12,14-15,30H2/t18-,20?,21?,22?,23+,24+,25?/m1/s1. The van der Waals surface area contributed by atoms with Crippen LogP contribution in [0.3, 0.4) is 0 Å². The van der Waals surface area contributed by atoms with Crippen LogP contribution in [0.5, 0.6) is 0 Å². The van der Waals surface area contributed by atoms with Crippen LogP contribution in [-0.2, 0) is 9.59 Å². The number of nitrogens with two attached hydrogens (primary N) is 1. The summed E-state index contributed by atoms with van der Waals surface area (Å²) in [6, 6.07) is 7.82. The van der Waals surface area contributed by atoms with Crippen LogP contribution < -0.4 is 5.73 Å². The molecule has 2 saturated carbocycles. The quantitative estimate of drug-likeness (QED) is 0.677. The number of benzene rings is 1. The first-order valence-corrected chi connectivity index (χ1v) is 13.3. The van der Waals surface area contributed by atoms with Crippen LogP contribution in [0.4, 0.5) is 4.39 Å². The van der Waals surface area contributed by atoms with Crippen LogP contribution >= 0.6 is 0 Å². The van der Waals surface area contributed by atoms with E-state index in [1.165, 1.54) is 31.4 Å². The molecule has 0 aromatic heterocycles. The number of piperidine rings is 1. The Morgan fingerprint density at radius 3 is 2.57 bits per heavy atom. The zero-order chi connectivity index (χ0) is 24.3. The molecule has 1 aromatic carbocycles. The summed E-state index contributed by atoms with van der Waals surface area (Å²) in [4.78, 5) is 32.7. The Kier molecular flexibility index (Phi) is 5.81. The maximum absolute atomic E-state index is 13.7. The van der Waals surface area contributed by atoms with E-state index in [9.17, 15) is 19.2 Å². The normalized spacial score (nSPS) is 34.1. The monoisotopic (exact) mass is 479 g/mol. The number of rotatable bonds is 6. The summed E-state index contributed by atoms with van der Waals surface area (Å²) in [5.41, 5.74) is 7.39. The lowest BCUT2D eigenvalue weighted by Gasteiger charge is -2.43. The van der Waals surface area contributed by atoms with Crippen molar-refractivity contribution in [3.05, 3.63) is 35.6 Å². The Morgan fingerprint density at radius 1 is 1.14 bits per heavy atom. The summed E-state index contributed by atoms with van der Waals surface area (Å²) in [6.45, 7) is 1.05. The fraction of sp³-hybridized carbons (Fsp3) is 0.667. The first-order chi connectivity index (χ1) is 17.0. The van der Waals surface area contributed by atoms with Gasteiger partial charge in [-0.25, -0.2) is 4.39 Å². The Bertz CT molecular complexity index is 1040. The average molecular weight is 480 g/mol. The highest BCUT2D eigenvalue weighted by molar-refractivity contribution is 5.87. The Hall–Kier alpha value is -2.50. The van der Waals surface area contributed by atoms with Crippen molar-refractivity contribution in [3.8, 4) is 6.07 Å². The third-order valence-electron chi connectivity index (χ3n) is 9.18. The van der Waals surface area contributed by atoms with E-state index in [2.05, 4.69) is 15.9 Å². The molecule has 0 spiro atoms. The minimum atomic E-state index is -0.725.